The molecule has 3 aromatic carbocycles. The number of pyridine rings is 1. The van der Waals surface area contributed by atoms with E-state index in [4.69, 9.17) is 11.6 Å². The van der Waals surface area contributed by atoms with E-state index >= 15 is 0 Å². The van der Waals surface area contributed by atoms with Crippen LogP contribution >= 0.6 is 11.6 Å². The van der Waals surface area contributed by atoms with Crippen LogP contribution in [0.3, 0.4) is 0 Å². The first-order valence-electron chi connectivity index (χ1n) is 8.68. The van der Waals surface area contributed by atoms with Crippen molar-refractivity contribution in [3.05, 3.63) is 83.0 Å². The van der Waals surface area contributed by atoms with Crippen LogP contribution in [-0.4, -0.2) is 22.2 Å². The Labute approximate surface area is 166 Å². The van der Waals surface area contributed by atoms with Crippen molar-refractivity contribution in [2.75, 3.05) is 0 Å². The van der Waals surface area contributed by atoms with Crippen molar-refractivity contribution in [1.29, 1.82) is 0 Å². The Morgan fingerprint density at radius 3 is 2.79 bits per heavy atom. The number of amides is 1. The van der Waals surface area contributed by atoms with E-state index in [-0.39, 0.29) is 23.1 Å². The zero-order valence-corrected chi connectivity index (χ0v) is 15.5. The number of hydrogen-bond acceptors (Lipinski definition) is 4. The Balaban J connectivity index is 1.53. The van der Waals surface area contributed by atoms with Crippen LogP contribution in [0.2, 0.25) is 5.02 Å². The van der Waals surface area contributed by atoms with Crippen molar-refractivity contribution in [1.82, 2.24) is 10.4 Å². The molecule has 0 radical (unpaired) electrons. The minimum atomic E-state index is -0.222. The number of nitrogens with one attached hydrogen (secondary N) is 1. The van der Waals surface area contributed by atoms with Crippen LogP contribution in [0.4, 0.5) is 0 Å². The fourth-order valence-electron chi connectivity index (χ4n) is 3.16. The molecule has 0 saturated carbocycles. The highest BCUT2D eigenvalue weighted by Gasteiger charge is 2.10. The van der Waals surface area contributed by atoms with Gasteiger partial charge >= 0.3 is 0 Å². The normalized spacial score (nSPS) is 11.3. The number of phenols is 1. The average molecular weight is 390 g/mol. The first-order valence-corrected chi connectivity index (χ1v) is 9.06. The van der Waals surface area contributed by atoms with Crippen molar-refractivity contribution in [3.63, 3.8) is 0 Å². The van der Waals surface area contributed by atoms with Crippen molar-refractivity contribution in [2.24, 2.45) is 5.10 Å². The highest BCUT2D eigenvalue weighted by molar-refractivity contribution is 6.33. The van der Waals surface area contributed by atoms with Gasteiger partial charge in [0.15, 0.2) is 5.75 Å². The first kappa shape index (κ1) is 17.9. The lowest BCUT2D eigenvalue weighted by Crippen LogP contribution is -2.19. The number of fused-ring (bicyclic) bond motifs is 2. The standard InChI is InChI=1S/C22H16ClN3O2/c23-19-11-16(18-9-4-10-24-21(18)22(19)28)13-25-26-20(27)12-15-7-3-6-14-5-1-2-8-17(14)15/h1-11,13,28H,12H2,(H,26,27)/b25-13-. The second-order valence-corrected chi connectivity index (χ2v) is 6.71. The number of nitrogens with zero attached hydrogens (tertiary/aromatic N) is 2. The van der Waals surface area contributed by atoms with Crippen LogP contribution < -0.4 is 5.43 Å². The number of carbonyl (C=O) groups is 1. The summed E-state index contributed by atoms with van der Waals surface area (Å²) < 4.78 is 0. The third-order valence-electron chi connectivity index (χ3n) is 4.48. The lowest BCUT2D eigenvalue weighted by atomic mass is 10.0. The largest absolute Gasteiger partial charge is 0.504 e. The summed E-state index contributed by atoms with van der Waals surface area (Å²) in [6.07, 6.45) is 3.29. The highest BCUT2D eigenvalue weighted by Crippen LogP contribution is 2.32. The highest BCUT2D eigenvalue weighted by atomic mass is 35.5. The fraction of sp³-hybridized carbons (Fsp3) is 0.0455. The van der Waals surface area contributed by atoms with Gasteiger partial charge in [-0.3, -0.25) is 9.78 Å². The topological polar surface area (TPSA) is 74.6 Å². The summed E-state index contributed by atoms with van der Waals surface area (Å²) in [5.74, 6) is -0.297. The monoisotopic (exact) mass is 389 g/mol. The van der Waals surface area contributed by atoms with E-state index in [1.54, 1.807) is 24.4 Å². The molecule has 0 aliphatic carbocycles. The lowest BCUT2D eigenvalue weighted by Gasteiger charge is -2.07. The van der Waals surface area contributed by atoms with Gasteiger partial charge in [-0.15, -0.1) is 0 Å². The zero-order valence-electron chi connectivity index (χ0n) is 14.8. The van der Waals surface area contributed by atoms with Crippen LogP contribution in [0.15, 0.2) is 72.0 Å². The molecule has 0 bridgehead atoms. The Morgan fingerprint density at radius 1 is 1.11 bits per heavy atom. The third-order valence-corrected chi connectivity index (χ3v) is 4.76. The van der Waals surface area contributed by atoms with E-state index < -0.39 is 0 Å². The van der Waals surface area contributed by atoms with Gasteiger partial charge < -0.3 is 5.11 Å². The summed E-state index contributed by atoms with van der Waals surface area (Å²) in [5, 5.41) is 17.1. The number of benzene rings is 3. The maximum atomic E-state index is 12.3. The maximum absolute atomic E-state index is 12.3. The molecule has 5 nitrogen and oxygen atoms in total. The summed E-state index contributed by atoms with van der Waals surface area (Å²) in [6, 6.07) is 19.0. The Bertz CT molecular complexity index is 1220. The minimum absolute atomic E-state index is 0.0746. The Morgan fingerprint density at radius 2 is 1.89 bits per heavy atom. The number of aromatic hydroxyl groups is 1. The van der Waals surface area contributed by atoms with Gasteiger partial charge in [0.05, 0.1) is 17.7 Å². The molecule has 1 amide bonds. The molecular formula is C22H16ClN3O2. The molecule has 4 aromatic rings. The predicted octanol–water partition coefficient (Wildman–Crippen LogP) is 4.44. The van der Waals surface area contributed by atoms with Gasteiger partial charge in [0.1, 0.15) is 5.52 Å². The molecule has 138 valence electrons. The maximum Gasteiger partial charge on any atom is 0.244 e. The van der Waals surface area contributed by atoms with E-state index in [1.165, 1.54) is 6.21 Å². The summed E-state index contributed by atoms with van der Waals surface area (Å²) in [7, 11) is 0. The third kappa shape index (κ3) is 3.52. The molecule has 0 aliphatic rings. The van der Waals surface area contributed by atoms with Crippen LogP contribution in [0.5, 0.6) is 5.75 Å². The number of carbonyl (C=O) groups excluding carboxylic acids is 1. The number of phenolic OH excluding ortho intramolecular Hbond substituents is 1. The molecule has 4 rings (SSSR count). The summed E-state index contributed by atoms with van der Waals surface area (Å²) in [5.41, 5.74) is 4.52. The quantitative estimate of drug-likeness (QED) is 0.400. The van der Waals surface area contributed by atoms with Crippen LogP contribution in [0.1, 0.15) is 11.1 Å². The van der Waals surface area contributed by atoms with E-state index in [1.807, 2.05) is 42.5 Å². The molecule has 6 heteroatoms. The van der Waals surface area contributed by atoms with Crippen molar-refractivity contribution < 1.29 is 9.90 Å². The minimum Gasteiger partial charge on any atom is -0.504 e. The van der Waals surface area contributed by atoms with E-state index in [9.17, 15) is 9.90 Å². The van der Waals surface area contributed by atoms with Crippen LogP contribution in [-0.2, 0) is 11.2 Å². The predicted molar refractivity (Wildman–Crippen MR) is 112 cm³/mol. The van der Waals surface area contributed by atoms with Gasteiger partial charge in [-0.25, -0.2) is 5.43 Å². The molecule has 28 heavy (non-hydrogen) atoms. The molecule has 0 saturated heterocycles. The summed E-state index contributed by atoms with van der Waals surface area (Å²) in [4.78, 5) is 16.5. The van der Waals surface area contributed by atoms with Crippen LogP contribution in [0, 0.1) is 0 Å². The van der Waals surface area contributed by atoms with Gasteiger partial charge in [-0.1, -0.05) is 60.1 Å². The molecular weight excluding hydrogens is 374 g/mol. The van der Waals surface area contributed by atoms with Gasteiger partial charge in [0.2, 0.25) is 5.91 Å². The smallest absolute Gasteiger partial charge is 0.244 e. The number of rotatable bonds is 4. The molecule has 0 fully saturated rings. The lowest BCUT2D eigenvalue weighted by molar-refractivity contribution is -0.120. The van der Waals surface area contributed by atoms with Gasteiger partial charge in [0, 0.05) is 17.1 Å². The second-order valence-electron chi connectivity index (χ2n) is 6.30. The molecule has 1 heterocycles. The Hall–Kier alpha value is -3.44. The van der Waals surface area contributed by atoms with Crippen LogP contribution in [0.25, 0.3) is 21.7 Å². The fourth-order valence-corrected chi connectivity index (χ4v) is 3.37. The SMILES string of the molecule is O=C(Cc1cccc2ccccc12)N/N=C\c1cc(Cl)c(O)c2ncccc12. The van der Waals surface area contributed by atoms with Gasteiger partial charge in [0.25, 0.3) is 0 Å². The molecule has 0 unspecified atom stereocenters. The van der Waals surface area contributed by atoms with Crippen molar-refractivity contribution in [3.8, 4) is 5.75 Å². The van der Waals surface area contributed by atoms with Crippen molar-refractivity contribution in [2.45, 2.75) is 6.42 Å². The summed E-state index contributed by atoms with van der Waals surface area (Å²) in [6.45, 7) is 0. The second kappa shape index (κ2) is 7.66. The van der Waals surface area contributed by atoms with E-state index in [0.29, 0.717) is 16.5 Å². The molecule has 2 N–H and O–H groups in total. The zero-order chi connectivity index (χ0) is 19.5. The average Bonchev–Trinajstić information content (AvgIpc) is 2.72. The number of hydrazone groups is 1. The van der Waals surface area contributed by atoms with Crippen molar-refractivity contribution >= 4 is 45.4 Å². The number of halogens is 1. The number of aromatic nitrogens is 1. The van der Waals surface area contributed by atoms with Gasteiger partial charge in [-0.05, 0) is 28.5 Å². The Kier molecular flexibility index (Phi) is 4.91. The molecule has 1 aromatic heterocycles. The first-order chi connectivity index (χ1) is 13.6. The number of hydrogen-bond donors (Lipinski definition) is 2. The molecule has 0 atom stereocenters. The molecule has 0 aliphatic heterocycles. The van der Waals surface area contributed by atoms with Gasteiger partial charge in [-0.2, -0.15) is 5.10 Å². The molecule has 0 spiro atoms. The van der Waals surface area contributed by atoms with E-state index in [2.05, 4.69) is 15.5 Å². The van der Waals surface area contributed by atoms with E-state index in [0.717, 1.165) is 16.3 Å². The summed E-state index contributed by atoms with van der Waals surface area (Å²) >= 11 is 6.06.